The van der Waals surface area contributed by atoms with Crippen LogP contribution in [0.4, 0.5) is 0 Å². The molecule has 0 aliphatic heterocycles. The summed E-state index contributed by atoms with van der Waals surface area (Å²) in [5.41, 5.74) is 0. The molecule has 0 fully saturated rings. The number of amides is 2. The maximum atomic E-state index is 11.5. The van der Waals surface area contributed by atoms with Gasteiger partial charge in [0.2, 0.25) is 11.8 Å². The largest absolute Gasteiger partial charge is 0.352 e. The third-order valence-corrected chi connectivity index (χ3v) is 2.89. The minimum atomic E-state index is -0.494. The highest BCUT2D eigenvalue weighted by Crippen LogP contribution is 2.04. The van der Waals surface area contributed by atoms with Crippen molar-refractivity contribution in [3.8, 4) is 0 Å². The van der Waals surface area contributed by atoms with E-state index in [2.05, 4.69) is 26.6 Å². The fraction of sp³-hybridized carbons (Fsp3) is 0.800. The lowest BCUT2D eigenvalue weighted by atomic mass is 10.2. The van der Waals surface area contributed by atoms with Crippen molar-refractivity contribution in [2.24, 2.45) is 0 Å². The topological polar surface area (TPSA) is 58.2 Å². The molecule has 0 aromatic heterocycles. The second-order valence-corrected chi connectivity index (χ2v) is 4.87. The summed E-state index contributed by atoms with van der Waals surface area (Å²) < 4.78 is 0. The molecule has 5 heteroatoms. The first-order chi connectivity index (χ1) is 6.88. The molecule has 4 nitrogen and oxygen atoms in total. The third-order valence-electron chi connectivity index (χ3n) is 1.83. The maximum absolute atomic E-state index is 11.5. The number of alkyl halides is 1. The Bertz CT molecular complexity index is 231. The molecule has 0 aromatic carbocycles. The fourth-order valence-corrected chi connectivity index (χ4v) is 1.10. The highest BCUT2D eigenvalue weighted by atomic mass is 79.9. The van der Waals surface area contributed by atoms with Gasteiger partial charge in [-0.3, -0.25) is 9.59 Å². The van der Waals surface area contributed by atoms with Crippen LogP contribution in [-0.2, 0) is 9.59 Å². The number of hydrogen-bond donors (Lipinski definition) is 2. The van der Waals surface area contributed by atoms with Gasteiger partial charge in [-0.05, 0) is 27.2 Å². The molecule has 2 N–H and O–H groups in total. The first-order valence-corrected chi connectivity index (χ1v) is 6.04. The van der Waals surface area contributed by atoms with Crippen LogP contribution in [0.1, 0.15) is 34.1 Å². The first kappa shape index (κ1) is 14.4. The Morgan fingerprint density at radius 2 is 1.67 bits per heavy atom. The SMILES string of the molecule is CCC(Br)C(=O)NC(C)C(=O)NC(C)C. The summed E-state index contributed by atoms with van der Waals surface area (Å²) >= 11 is 3.23. The Labute approximate surface area is 99.3 Å². The van der Waals surface area contributed by atoms with E-state index in [4.69, 9.17) is 0 Å². The average molecular weight is 279 g/mol. The van der Waals surface area contributed by atoms with Gasteiger partial charge in [0.05, 0.1) is 4.83 Å². The van der Waals surface area contributed by atoms with Gasteiger partial charge in [0.25, 0.3) is 0 Å². The molecule has 0 aliphatic carbocycles. The van der Waals surface area contributed by atoms with Crippen molar-refractivity contribution < 1.29 is 9.59 Å². The van der Waals surface area contributed by atoms with Crippen molar-refractivity contribution in [2.45, 2.75) is 51.0 Å². The van der Waals surface area contributed by atoms with Crippen LogP contribution >= 0.6 is 15.9 Å². The van der Waals surface area contributed by atoms with E-state index in [1.165, 1.54) is 0 Å². The lowest BCUT2D eigenvalue weighted by molar-refractivity contribution is -0.128. The van der Waals surface area contributed by atoms with Crippen molar-refractivity contribution in [1.29, 1.82) is 0 Å². The lowest BCUT2D eigenvalue weighted by Gasteiger charge is -2.17. The molecule has 0 spiro atoms. The highest BCUT2D eigenvalue weighted by Gasteiger charge is 2.19. The molecule has 88 valence electrons. The molecule has 15 heavy (non-hydrogen) atoms. The van der Waals surface area contributed by atoms with E-state index in [0.717, 1.165) is 0 Å². The van der Waals surface area contributed by atoms with Gasteiger partial charge in [0, 0.05) is 6.04 Å². The van der Waals surface area contributed by atoms with Crippen LogP contribution in [0.15, 0.2) is 0 Å². The third kappa shape index (κ3) is 5.77. The number of carbonyl (C=O) groups is 2. The Morgan fingerprint density at radius 1 is 1.13 bits per heavy atom. The smallest absolute Gasteiger partial charge is 0.242 e. The zero-order chi connectivity index (χ0) is 12.0. The molecule has 0 radical (unpaired) electrons. The van der Waals surface area contributed by atoms with Crippen molar-refractivity contribution in [3.05, 3.63) is 0 Å². The summed E-state index contributed by atoms with van der Waals surface area (Å²) in [5.74, 6) is -0.307. The summed E-state index contributed by atoms with van der Waals surface area (Å²) in [7, 11) is 0. The summed E-state index contributed by atoms with van der Waals surface area (Å²) in [5, 5.41) is 5.37. The van der Waals surface area contributed by atoms with E-state index in [0.29, 0.717) is 6.42 Å². The standard InChI is InChI=1S/C10H19BrN2O2/c1-5-8(11)10(15)13-7(4)9(14)12-6(2)3/h6-8H,5H2,1-4H3,(H,12,14)(H,13,15). The fourth-order valence-electron chi connectivity index (χ4n) is 0.964. The van der Waals surface area contributed by atoms with Crippen molar-refractivity contribution in [1.82, 2.24) is 10.6 Å². The van der Waals surface area contributed by atoms with Gasteiger partial charge in [-0.1, -0.05) is 22.9 Å². The molecule has 0 heterocycles. The summed E-state index contributed by atoms with van der Waals surface area (Å²) in [6.07, 6.45) is 0.699. The van der Waals surface area contributed by atoms with Gasteiger partial charge in [0.15, 0.2) is 0 Å². The normalized spacial score (nSPS) is 14.5. The van der Waals surface area contributed by atoms with E-state index in [-0.39, 0.29) is 22.7 Å². The average Bonchev–Trinajstić information content (AvgIpc) is 2.15. The summed E-state index contributed by atoms with van der Waals surface area (Å²) in [6, 6.07) is -0.408. The molecule has 0 saturated heterocycles. The van der Waals surface area contributed by atoms with Crippen LogP contribution in [0.3, 0.4) is 0 Å². The summed E-state index contributed by atoms with van der Waals surface area (Å²) in [6.45, 7) is 7.33. The number of nitrogens with one attached hydrogen (secondary N) is 2. The quantitative estimate of drug-likeness (QED) is 0.743. The monoisotopic (exact) mass is 278 g/mol. The molecular weight excluding hydrogens is 260 g/mol. The van der Waals surface area contributed by atoms with Crippen LogP contribution in [-0.4, -0.2) is 28.7 Å². The van der Waals surface area contributed by atoms with Gasteiger partial charge in [0.1, 0.15) is 6.04 Å². The van der Waals surface area contributed by atoms with E-state index in [1.807, 2.05) is 20.8 Å². The van der Waals surface area contributed by atoms with Crippen molar-refractivity contribution >= 4 is 27.7 Å². The summed E-state index contributed by atoms with van der Waals surface area (Å²) in [4.78, 5) is 22.7. The maximum Gasteiger partial charge on any atom is 0.242 e. The van der Waals surface area contributed by atoms with Gasteiger partial charge < -0.3 is 10.6 Å². The van der Waals surface area contributed by atoms with Crippen LogP contribution in [0.25, 0.3) is 0 Å². The Kier molecular flexibility index (Phi) is 6.56. The molecule has 0 rings (SSSR count). The Balaban J connectivity index is 4.07. The zero-order valence-corrected chi connectivity index (χ0v) is 11.2. The highest BCUT2D eigenvalue weighted by molar-refractivity contribution is 9.10. The van der Waals surface area contributed by atoms with Crippen LogP contribution in [0.2, 0.25) is 0 Å². The predicted molar refractivity (Wildman–Crippen MR) is 63.9 cm³/mol. The van der Waals surface area contributed by atoms with Crippen molar-refractivity contribution in [2.75, 3.05) is 0 Å². The van der Waals surface area contributed by atoms with E-state index >= 15 is 0 Å². The Morgan fingerprint density at radius 3 is 2.07 bits per heavy atom. The minimum Gasteiger partial charge on any atom is -0.352 e. The number of hydrogen-bond acceptors (Lipinski definition) is 2. The number of rotatable bonds is 5. The van der Waals surface area contributed by atoms with Crippen LogP contribution in [0.5, 0.6) is 0 Å². The van der Waals surface area contributed by atoms with Crippen molar-refractivity contribution in [3.63, 3.8) is 0 Å². The molecule has 0 aliphatic rings. The first-order valence-electron chi connectivity index (χ1n) is 5.13. The molecule has 0 saturated carbocycles. The molecule has 2 amide bonds. The molecule has 0 bridgehead atoms. The van der Waals surface area contributed by atoms with Gasteiger partial charge >= 0.3 is 0 Å². The number of halogens is 1. The predicted octanol–water partition coefficient (Wildman–Crippen LogP) is 1.19. The zero-order valence-electron chi connectivity index (χ0n) is 9.63. The van der Waals surface area contributed by atoms with Crippen LogP contribution in [0, 0.1) is 0 Å². The molecular formula is C10H19BrN2O2. The van der Waals surface area contributed by atoms with Gasteiger partial charge in [-0.25, -0.2) is 0 Å². The van der Waals surface area contributed by atoms with Gasteiger partial charge in [-0.2, -0.15) is 0 Å². The van der Waals surface area contributed by atoms with Gasteiger partial charge in [-0.15, -0.1) is 0 Å². The van der Waals surface area contributed by atoms with E-state index in [9.17, 15) is 9.59 Å². The van der Waals surface area contributed by atoms with E-state index < -0.39 is 6.04 Å². The van der Waals surface area contributed by atoms with Crippen LogP contribution < -0.4 is 10.6 Å². The molecule has 2 unspecified atom stereocenters. The molecule has 0 aromatic rings. The minimum absolute atomic E-state index is 0.0859. The second-order valence-electron chi connectivity index (χ2n) is 3.77. The number of carbonyl (C=O) groups excluding carboxylic acids is 2. The lowest BCUT2D eigenvalue weighted by Crippen LogP contribution is -2.48. The Hall–Kier alpha value is -0.580. The molecule has 2 atom stereocenters. The second kappa shape index (κ2) is 6.82. The van der Waals surface area contributed by atoms with E-state index in [1.54, 1.807) is 6.92 Å².